The number of rotatable bonds is 7. The van der Waals surface area contributed by atoms with E-state index in [0.29, 0.717) is 34.1 Å². The maximum atomic E-state index is 13.7. The van der Waals surface area contributed by atoms with E-state index in [-0.39, 0.29) is 12.2 Å². The van der Waals surface area contributed by atoms with Gasteiger partial charge in [0.15, 0.2) is 0 Å². The molecule has 0 radical (unpaired) electrons. The predicted molar refractivity (Wildman–Crippen MR) is 121 cm³/mol. The van der Waals surface area contributed by atoms with Crippen molar-refractivity contribution < 1.29 is 28.6 Å². The number of nitrogens with zero attached hydrogens (tertiary/aromatic N) is 2. The lowest BCUT2D eigenvalue weighted by Crippen LogP contribution is -2.44. The van der Waals surface area contributed by atoms with Gasteiger partial charge in [-0.3, -0.25) is 24.2 Å². The molecule has 0 aromatic heterocycles. The molecule has 0 bridgehead atoms. The molecule has 0 saturated heterocycles. The van der Waals surface area contributed by atoms with Crippen molar-refractivity contribution in [2.45, 2.75) is 0 Å². The molecule has 0 atom stereocenters. The molecule has 8 nitrogen and oxygen atoms in total. The van der Waals surface area contributed by atoms with E-state index in [0.717, 1.165) is 4.90 Å². The van der Waals surface area contributed by atoms with Crippen LogP contribution < -0.4 is 19.1 Å². The first-order valence-electron chi connectivity index (χ1n) is 10.1. The summed E-state index contributed by atoms with van der Waals surface area (Å²) in [6.07, 6.45) is 0. The molecule has 8 heteroatoms. The second-order valence-electron chi connectivity index (χ2n) is 7.23. The Kier molecular flexibility index (Phi) is 5.99. The average Bonchev–Trinajstić information content (AvgIpc) is 3.11. The summed E-state index contributed by atoms with van der Waals surface area (Å²) in [5.41, 5.74) is 1.27. The minimum absolute atomic E-state index is 0.258. The Morgan fingerprint density at radius 3 is 1.88 bits per heavy atom. The van der Waals surface area contributed by atoms with Crippen molar-refractivity contribution in [3.63, 3.8) is 0 Å². The van der Waals surface area contributed by atoms with E-state index < -0.39 is 17.7 Å². The Morgan fingerprint density at radius 1 is 0.788 bits per heavy atom. The van der Waals surface area contributed by atoms with E-state index in [1.165, 1.54) is 26.2 Å². The predicted octanol–water partition coefficient (Wildman–Crippen LogP) is 3.61. The normalized spacial score (nSPS) is 12.4. The van der Waals surface area contributed by atoms with Gasteiger partial charge in [-0.1, -0.05) is 24.3 Å². The highest BCUT2D eigenvalue weighted by molar-refractivity contribution is 6.22. The van der Waals surface area contributed by atoms with Crippen LogP contribution in [0.3, 0.4) is 0 Å². The lowest BCUT2D eigenvalue weighted by atomic mass is 10.1. The number of carbonyl (C=O) groups is 3. The average molecular weight is 446 g/mol. The first-order valence-corrected chi connectivity index (χ1v) is 10.1. The van der Waals surface area contributed by atoms with Gasteiger partial charge in [0, 0.05) is 11.6 Å². The Hall–Kier alpha value is -4.33. The number of para-hydroxylation sites is 2. The second kappa shape index (κ2) is 9.04. The number of benzene rings is 3. The zero-order valence-electron chi connectivity index (χ0n) is 18.4. The Labute approximate surface area is 190 Å². The number of ether oxygens (including phenoxy) is 3. The Morgan fingerprint density at radius 2 is 1.33 bits per heavy atom. The van der Waals surface area contributed by atoms with Crippen LogP contribution in [0.4, 0.5) is 5.69 Å². The monoisotopic (exact) mass is 446 g/mol. The molecular formula is C25H22N2O6. The molecule has 0 fully saturated rings. The fourth-order valence-electron chi connectivity index (χ4n) is 3.70. The molecule has 0 unspecified atom stereocenters. The number of amides is 3. The number of carbonyl (C=O) groups excluding carboxylic acids is 3. The topological polar surface area (TPSA) is 85.4 Å². The van der Waals surface area contributed by atoms with Crippen molar-refractivity contribution in [2.75, 3.05) is 32.9 Å². The summed E-state index contributed by atoms with van der Waals surface area (Å²) in [5, 5.41) is 0. The van der Waals surface area contributed by atoms with Gasteiger partial charge < -0.3 is 14.2 Å². The van der Waals surface area contributed by atoms with Gasteiger partial charge in [-0.25, -0.2) is 0 Å². The lowest BCUT2D eigenvalue weighted by molar-refractivity contribution is 0.0650. The van der Waals surface area contributed by atoms with Gasteiger partial charge in [0.25, 0.3) is 17.7 Å². The van der Waals surface area contributed by atoms with Gasteiger partial charge in [-0.05, 0) is 36.4 Å². The van der Waals surface area contributed by atoms with Gasteiger partial charge >= 0.3 is 0 Å². The molecular weight excluding hydrogens is 424 g/mol. The molecule has 33 heavy (non-hydrogen) atoms. The molecule has 3 amide bonds. The molecule has 1 aliphatic heterocycles. The van der Waals surface area contributed by atoms with E-state index >= 15 is 0 Å². The second-order valence-corrected chi connectivity index (χ2v) is 7.23. The minimum Gasteiger partial charge on any atom is -0.497 e. The molecule has 3 aromatic rings. The molecule has 0 saturated carbocycles. The number of methoxy groups -OCH3 is 3. The highest BCUT2D eigenvalue weighted by Gasteiger charge is 2.38. The Balaban J connectivity index is 1.78. The maximum absolute atomic E-state index is 13.7. The first-order chi connectivity index (χ1) is 16.0. The minimum atomic E-state index is -0.466. The van der Waals surface area contributed by atoms with Crippen molar-refractivity contribution in [3.8, 4) is 17.2 Å². The summed E-state index contributed by atoms with van der Waals surface area (Å²) in [7, 11) is 4.46. The molecule has 168 valence electrons. The standard InChI is InChI=1S/C25H22N2O6/c1-31-17-12-16(13-18(14-17)32-2)23(28)26(21-10-6-7-11-22(21)33-3)15-27-24(29)19-8-4-5-9-20(19)25(27)30/h4-14H,15H2,1-3H3. The van der Waals surface area contributed by atoms with Crippen molar-refractivity contribution in [2.24, 2.45) is 0 Å². The largest absolute Gasteiger partial charge is 0.497 e. The van der Waals surface area contributed by atoms with Gasteiger partial charge in [-0.15, -0.1) is 0 Å². The van der Waals surface area contributed by atoms with Gasteiger partial charge in [0.05, 0.1) is 38.1 Å². The summed E-state index contributed by atoms with van der Waals surface area (Å²) < 4.78 is 16.0. The lowest BCUT2D eigenvalue weighted by Gasteiger charge is -2.28. The third kappa shape index (κ3) is 3.98. The number of anilines is 1. The summed E-state index contributed by atoms with van der Waals surface area (Å²) >= 11 is 0. The molecule has 0 spiro atoms. The van der Waals surface area contributed by atoms with Crippen LogP contribution in [0.15, 0.2) is 66.7 Å². The number of hydrogen-bond acceptors (Lipinski definition) is 6. The van der Waals surface area contributed by atoms with E-state index in [2.05, 4.69) is 0 Å². The molecule has 0 N–H and O–H groups in total. The summed E-state index contributed by atoms with van der Waals surface area (Å²) in [5.74, 6) is -0.125. The smallest absolute Gasteiger partial charge is 0.263 e. The summed E-state index contributed by atoms with van der Waals surface area (Å²) in [6.45, 7) is -0.301. The zero-order valence-corrected chi connectivity index (χ0v) is 18.4. The molecule has 4 rings (SSSR count). The van der Waals surface area contributed by atoms with Crippen LogP contribution in [0.1, 0.15) is 31.1 Å². The van der Waals surface area contributed by atoms with Crippen LogP contribution in [0.25, 0.3) is 0 Å². The van der Waals surface area contributed by atoms with Gasteiger partial charge in [0.2, 0.25) is 0 Å². The van der Waals surface area contributed by atoms with Crippen LogP contribution in [-0.4, -0.2) is 50.6 Å². The summed E-state index contributed by atoms with van der Waals surface area (Å²) in [6, 6.07) is 18.2. The van der Waals surface area contributed by atoms with Crippen molar-refractivity contribution in [1.82, 2.24) is 4.90 Å². The third-order valence-electron chi connectivity index (χ3n) is 5.38. The molecule has 1 aliphatic rings. The fourth-order valence-corrected chi connectivity index (χ4v) is 3.70. The van der Waals surface area contributed by atoms with Crippen LogP contribution in [-0.2, 0) is 0 Å². The third-order valence-corrected chi connectivity index (χ3v) is 5.38. The van der Waals surface area contributed by atoms with Crippen LogP contribution in [0.2, 0.25) is 0 Å². The van der Waals surface area contributed by atoms with E-state index in [4.69, 9.17) is 14.2 Å². The van der Waals surface area contributed by atoms with Gasteiger partial charge in [-0.2, -0.15) is 0 Å². The van der Waals surface area contributed by atoms with Gasteiger partial charge in [0.1, 0.15) is 23.9 Å². The highest BCUT2D eigenvalue weighted by atomic mass is 16.5. The fraction of sp³-hybridized carbons (Fsp3) is 0.160. The first kappa shape index (κ1) is 21.9. The molecule has 0 aliphatic carbocycles. The quantitative estimate of drug-likeness (QED) is 0.516. The zero-order chi connectivity index (χ0) is 23.5. The van der Waals surface area contributed by atoms with Crippen molar-refractivity contribution in [3.05, 3.63) is 83.4 Å². The van der Waals surface area contributed by atoms with Crippen LogP contribution in [0.5, 0.6) is 17.2 Å². The summed E-state index contributed by atoms with van der Waals surface area (Å²) in [4.78, 5) is 42.1. The van der Waals surface area contributed by atoms with E-state index in [1.54, 1.807) is 66.7 Å². The van der Waals surface area contributed by atoms with E-state index in [9.17, 15) is 14.4 Å². The van der Waals surface area contributed by atoms with Crippen LogP contribution >= 0.6 is 0 Å². The SMILES string of the molecule is COc1cc(OC)cc(C(=O)N(CN2C(=O)c3ccccc3C2=O)c2ccccc2OC)c1. The Bertz CT molecular complexity index is 1180. The van der Waals surface area contributed by atoms with Crippen molar-refractivity contribution >= 4 is 23.4 Å². The molecule has 1 heterocycles. The maximum Gasteiger partial charge on any atom is 0.263 e. The van der Waals surface area contributed by atoms with Crippen LogP contribution in [0, 0.1) is 0 Å². The van der Waals surface area contributed by atoms with E-state index in [1.807, 2.05) is 0 Å². The number of fused-ring (bicyclic) bond motifs is 1. The number of hydrogen-bond donors (Lipinski definition) is 0. The molecule has 3 aromatic carbocycles. The van der Waals surface area contributed by atoms with Crippen molar-refractivity contribution in [1.29, 1.82) is 0 Å². The number of imide groups is 1. The highest BCUT2D eigenvalue weighted by Crippen LogP contribution is 2.32.